The van der Waals surface area contributed by atoms with Crippen molar-refractivity contribution in [3.63, 3.8) is 0 Å². The SMILES string of the molecule is CCCCCCCc1cnc(-c2ccc(OCCCCC)c(F)c2)nc1. The molecule has 0 N–H and O–H groups in total. The van der Waals surface area contributed by atoms with Gasteiger partial charge in [-0.3, -0.25) is 0 Å². The summed E-state index contributed by atoms with van der Waals surface area (Å²) in [6.45, 7) is 4.90. The third kappa shape index (κ3) is 6.74. The zero-order valence-electron chi connectivity index (χ0n) is 16.1. The molecule has 1 aromatic carbocycles. The van der Waals surface area contributed by atoms with Crippen LogP contribution in [0.2, 0.25) is 0 Å². The first-order chi connectivity index (χ1) is 12.7. The normalized spacial score (nSPS) is 10.9. The zero-order valence-corrected chi connectivity index (χ0v) is 16.1. The molecule has 0 aliphatic carbocycles. The Hall–Kier alpha value is -1.97. The molecule has 2 aromatic rings. The van der Waals surface area contributed by atoms with Crippen molar-refractivity contribution in [2.75, 3.05) is 6.61 Å². The highest BCUT2D eigenvalue weighted by Crippen LogP contribution is 2.24. The Balaban J connectivity index is 1.88. The molecule has 0 aliphatic heterocycles. The van der Waals surface area contributed by atoms with E-state index in [1.165, 1.54) is 38.2 Å². The summed E-state index contributed by atoms with van der Waals surface area (Å²) in [4.78, 5) is 8.81. The number of hydrogen-bond donors (Lipinski definition) is 0. The number of unbranched alkanes of at least 4 members (excludes halogenated alkanes) is 6. The van der Waals surface area contributed by atoms with E-state index in [0.29, 0.717) is 23.7 Å². The van der Waals surface area contributed by atoms with Crippen LogP contribution in [-0.2, 0) is 6.42 Å². The second-order valence-corrected chi connectivity index (χ2v) is 6.78. The first-order valence-corrected chi connectivity index (χ1v) is 9.98. The predicted octanol–water partition coefficient (Wildman–Crippen LogP) is 6.36. The smallest absolute Gasteiger partial charge is 0.165 e. The Morgan fingerprint density at radius 2 is 1.58 bits per heavy atom. The molecular formula is C22H31FN2O. The van der Waals surface area contributed by atoms with Crippen molar-refractivity contribution in [3.8, 4) is 17.1 Å². The maximum absolute atomic E-state index is 14.2. The van der Waals surface area contributed by atoms with Crippen LogP contribution >= 0.6 is 0 Å². The summed E-state index contributed by atoms with van der Waals surface area (Å²) in [5.41, 5.74) is 1.82. The molecule has 0 bridgehead atoms. The van der Waals surface area contributed by atoms with E-state index in [9.17, 15) is 4.39 Å². The lowest BCUT2D eigenvalue weighted by atomic mass is 10.1. The standard InChI is InChI=1S/C22H31FN2O/c1-3-5-7-8-9-11-18-16-24-22(25-17-18)19-12-13-21(20(23)15-19)26-14-10-6-4-2/h12-13,15-17H,3-11,14H2,1-2H3. The largest absolute Gasteiger partial charge is 0.491 e. The van der Waals surface area contributed by atoms with E-state index in [4.69, 9.17) is 4.74 Å². The topological polar surface area (TPSA) is 35.0 Å². The lowest BCUT2D eigenvalue weighted by Gasteiger charge is -2.08. The van der Waals surface area contributed by atoms with Gasteiger partial charge >= 0.3 is 0 Å². The Morgan fingerprint density at radius 3 is 2.27 bits per heavy atom. The summed E-state index contributed by atoms with van der Waals surface area (Å²) in [7, 11) is 0. The van der Waals surface area contributed by atoms with Gasteiger partial charge in [0.15, 0.2) is 17.4 Å². The molecule has 1 heterocycles. The summed E-state index contributed by atoms with van der Waals surface area (Å²) >= 11 is 0. The van der Waals surface area contributed by atoms with Crippen molar-refractivity contribution < 1.29 is 9.13 Å². The summed E-state index contributed by atoms with van der Waals surface area (Å²) < 4.78 is 19.7. The molecule has 0 saturated heterocycles. The minimum Gasteiger partial charge on any atom is -0.491 e. The summed E-state index contributed by atoms with van der Waals surface area (Å²) in [6, 6.07) is 4.94. The highest BCUT2D eigenvalue weighted by atomic mass is 19.1. The van der Waals surface area contributed by atoms with E-state index in [-0.39, 0.29) is 5.82 Å². The van der Waals surface area contributed by atoms with Gasteiger partial charge in [-0.05, 0) is 43.0 Å². The molecule has 0 radical (unpaired) electrons. The van der Waals surface area contributed by atoms with E-state index in [1.807, 2.05) is 18.5 Å². The van der Waals surface area contributed by atoms with Crippen molar-refractivity contribution >= 4 is 0 Å². The Morgan fingerprint density at radius 1 is 0.885 bits per heavy atom. The number of nitrogens with zero attached hydrogens (tertiary/aromatic N) is 2. The fraction of sp³-hybridized carbons (Fsp3) is 0.545. The van der Waals surface area contributed by atoms with Crippen LogP contribution in [0.5, 0.6) is 5.75 Å². The Bertz CT molecular complexity index is 643. The molecule has 142 valence electrons. The van der Waals surface area contributed by atoms with Crippen LogP contribution in [-0.4, -0.2) is 16.6 Å². The number of ether oxygens (including phenoxy) is 1. The average Bonchev–Trinajstić information content (AvgIpc) is 2.66. The first kappa shape index (κ1) is 20.3. The van der Waals surface area contributed by atoms with Crippen molar-refractivity contribution in [2.24, 2.45) is 0 Å². The van der Waals surface area contributed by atoms with Crippen molar-refractivity contribution in [1.82, 2.24) is 9.97 Å². The monoisotopic (exact) mass is 358 g/mol. The molecule has 4 heteroatoms. The van der Waals surface area contributed by atoms with E-state index in [2.05, 4.69) is 23.8 Å². The third-order valence-electron chi connectivity index (χ3n) is 4.47. The fourth-order valence-electron chi connectivity index (χ4n) is 2.86. The van der Waals surface area contributed by atoms with Gasteiger partial charge in [0, 0.05) is 18.0 Å². The van der Waals surface area contributed by atoms with Gasteiger partial charge in [0.1, 0.15) is 0 Å². The van der Waals surface area contributed by atoms with Gasteiger partial charge < -0.3 is 4.74 Å². The molecule has 0 fully saturated rings. The van der Waals surface area contributed by atoms with Crippen LogP contribution in [0.25, 0.3) is 11.4 Å². The van der Waals surface area contributed by atoms with Crippen LogP contribution < -0.4 is 4.74 Å². The van der Waals surface area contributed by atoms with Gasteiger partial charge in [-0.15, -0.1) is 0 Å². The van der Waals surface area contributed by atoms with Gasteiger partial charge in [-0.2, -0.15) is 0 Å². The lowest BCUT2D eigenvalue weighted by molar-refractivity contribution is 0.291. The van der Waals surface area contributed by atoms with Crippen LogP contribution in [0.15, 0.2) is 30.6 Å². The van der Waals surface area contributed by atoms with Crippen LogP contribution in [0.3, 0.4) is 0 Å². The first-order valence-electron chi connectivity index (χ1n) is 9.98. The number of rotatable bonds is 12. The van der Waals surface area contributed by atoms with E-state index >= 15 is 0 Å². The molecule has 26 heavy (non-hydrogen) atoms. The zero-order chi connectivity index (χ0) is 18.6. The second kappa shape index (κ2) is 11.6. The van der Waals surface area contributed by atoms with Crippen molar-refractivity contribution in [3.05, 3.63) is 42.0 Å². The summed E-state index contributed by atoms with van der Waals surface area (Å²) in [5, 5.41) is 0. The molecule has 2 rings (SSSR count). The third-order valence-corrected chi connectivity index (χ3v) is 4.47. The van der Waals surface area contributed by atoms with Crippen LogP contribution in [0.4, 0.5) is 4.39 Å². The molecule has 0 unspecified atom stereocenters. The van der Waals surface area contributed by atoms with Gasteiger partial charge in [-0.25, -0.2) is 14.4 Å². The number of aryl methyl sites for hydroxylation is 1. The maximum Gasteiger partial charge on any atom is 0.165 e. The van der Waals surface area contributed by atoms with Crippen molar-refractivity contribution in [2.45, 2.75) is 71.6 Å². The Kier molecular flexibility index (Phi) is 9.08. The van der Waals surface area contributed by atoms with E-state index in [1.54, 1.807) is 6.07 Å². The summed E-state index contributed by atoms with van der Waals surface area (Å²) in [5.74, 6) is 0.493. The van der Waals surface area contributed by atoms with Gasteiger partial charge in [0.25, 0.3) is 0 Å². The molecule has 3 nitrogen and oxygen atoms in total. The predicted molar refractivity (Wildman–Crippen MR) is 105 cm³/mol. The van der Waals surface area contributed by atoms with Crippen LogP contribution in [0.1, 0.15) is 70.8 Å². The highest BCUT2D eigenvalue weighted by molar-refractivity contribution is 5.56. The number of aromatic nitrogens is 2. The molecule has 0 aliphatic rings. The number of halogens is 1. The fourth-order valence-corrected chi connectivity index (χ4v) is 2.86. The number of benzene rings is 1. The van der Waals surface area contributed by atoms with E-state index < -0.39 is 0 Å². The lowest BCUT2D eigenvalue weighted by Crippen LogP contribution is -2.00. The quantitative estimate of drug-likeness (QED) is 0.414. The minimum atomic E-state index is -0.359. The summed E-state index contributed by atoms with van der Waals surface area (Å²) in [6.07, 6.45) is 14.2. The van der Waals surface area contributed by atoms with Gasteiger partial charge in [-0.1, -0.05) is 52.4 Å². The minimum absolute atomic E-state index is 0.300. The van der Waals surface area contributed by atoms with Gasteiger partial charge in [0.2, 0.25) is 0 Å². The molecule has 0 spiro atoms. The maximum atomic E-state index is 14.2. The molecule has 0 saturated carbocycles. The number of hydrogen-bond acceptors (Lipinski definition) is 3. The van der Waals surface area contributed by atoms with Gasteiger partial charge in [0.05, 0.1) is 6.61 Å². The molecule has 0 amide bonds. The molecule has 1 aromatic heterocycles. The van der Waals surface area contributed by atoms with Crippen LogP contribution in [0, 0.1) is 5.82 Å². The average molecular weight is 359 g/mol. The second-order valence-electron chi connectivity index (χ2n) is 6.78. The van der Waals surface area contributed by atoms with Crippen molar-refractivity contribution in [1.29, 1.82) is 0 Å². The highest BCUT2D eigenvalue weighted by Gasteiger charge is 2.08. The molecular weight excluding hydrogens is 327 g/mol. The van der Waals surface area contributed by atoms with E-state index in [0.717, 1.165) is 31.2 Å². The molecule has 0 atom stereocenters. The Labute approximate surface area is 157 Å².